The van der Waals surface area contributed by atoms with Gasteiger partial charge in [0.1, 0.15) is 5.69 Å². The SMILES string of the molecule is CC1CC(Cn2nc3ccccc3c2C(=O)Nc2cccc(S(N)(=O)=O)c2)CCO1. The molecule has 158 valence electrons. The van der Waals surface area contributed by atoms with Crippen LogP contribution in [0.5, 0.6) is 0 Å². The number of rotatable bonds is 5. The van der Waals surface area contributed by atoms with E-state index in [4.69, 9.17) is 9.88 Å². The lowest BCUT2D eigenvalue weighted by Gasteiger charge is -2.27. The number of nitrogens with zero attached hydrogens (tertiary/aromatic N) is 2. The molecule has 30 heavy (non-hydrogen) atoms. The molecule has 4 rings (SSSR count). The first-order valence-corrected chi connectivity index (χ1v) is 11.4. The number of benzene rings is 2. The van der Waals surface area contributed by atoms with Crippen LogP contribution in [0.2, 0.25) is 0 Å². The van der Waals surface area contributed by atoms with Gasteiger partial charge in [-0.25, -0.2) is 13.6 Å². The zero-order chi connectivity index (χ0) is 21.3. The van der Waals surface area contributed by atoms with E-state index >= 15 is 0 Å². The van der Waals surface area contributed by atoms with Crippen molar-refractivity contribution in [2.45, 2.75) is 37.3 Å². The molecule has 9 heteroatoms. The lowest BCUT2D eigenvalue weighted by Crippen LogP contribution is -2.28. The molecule has 2 aromatic carbocycles. The summed E-state index contributed by atoms with van der Waals surface area (Å²) in [5.41, 5.74) is 1.54. The minimum atomic E-state index is -3.86. The number of fused-ring (bicyclic) bond motifs is 1. The smallest absolute Gasteiger partial charge is 0.274 e. The van der Waals surface area contributed by atoms with E-state index < -0.39 is 10.0 Å². The van der Waals surface area contributed by atoms with Gasteiger partial charge < -0.3 is 10.1 Å². The zero-order valence-corrected chi connectivity index (χ0v) is 17.4. The number of primary sulfonamides is 1. The molecular formula is C21H24N4O4S. The number of ether oxygens (including phenoxy) is 1. The van der Waals surface area contributed by atoms with Crippen LogP contribution in [0.3, 0.4) is 0 Å². The van der Waals surface area contributed by atoms with Gasteiger partial charge in [0.25, 0.3) is 5.91 Å². The molecule has 8 nitrogen and oxygen atoms in total. The van der Waals surface area contributed by atoms with E-state index in [0.717, 1.165) is 23.7 Å². The van der Waals surface area contributed by atoms with Crippen LogP contribution in [0.4, 0.5) is 5.69 Å². The first-order valence-electron chi connectivity index (χ1n) is 9.82. The van der Waals surface area contributed by atoms with Gasteiger partial charge in [-0.15, -0.1) is 0 Å². The molecule has 2 unspecified atom stereocenters. The molecule has 0 saturated carbocycles. The maximum absolute atomic E-state index is 13.2. The number of hydrogen-bond acceptors (Lipinski definition) is 5. The molecule has 1 fully saturated rings. The topological polar surface area (TPSA) is 116 Å². The minimum Gasteiger partial charge on any atom is -0.378 e. The Morgan fingerprint density at radius 2 is 2.07 bits per heavy atom. The van der Waals surface area contributed by atoms with Gasteiger partial charge in [-0.05, 0) is 49.9 Å². The number of sulfonamides is 1. The summed E-state index contributed by atoms with van der Waals surface area (Å²) in [5, 5.41) is 13.4. The van der Waals surface area contributed by atoms with Crippen LogP contribution >= 0.6 is 0 Å². The van der Waals surface area contributed by atoms with E-state index in [1.807, 2.05) is 24.3 Å². The number of hydrogen-bond donors (Lipinski definition) is 2. The highest BCUT2D eigenvalue weighted by Gasteiger charge is 2.24. The van der Waals surface area contributed by atoms with Crippen LogP contribution in [0.1, 0.15) is 30.3 Å². The Labute approximate surface area is 175 Å². The first kappa shape index (κ1) is 20.5. The maximum Gasteiger partial charge on any atom is 0.274 e. The fourth-order valence-corrected chi connectivity index (χ4v) is 4.45. The van der Waals surface area contributed by atoms with E-state index in [-0.39, 0.29) is 16.9 Å². The minimum absolute atomic E-state index is 0.0603. The fraction of sp³-hybridized carbons (Fsp3) is 0.333. The molecule has 1 amide bonds. The summed E-state index contributed by atoms with van der Waals surface area (Å²) in [6, 6.07) is 13.4. The van der Waals surface area contributed by atoms with Crippen molar-refractivity contribution in [3.63, 3.8) is 0 Å². The first-order chi connectivity index (χ1) is 14.3. The lowest BCUT2D eigenvalue weighted by atomic mass is 9.96. The van der Waals surface area contributed by atoms with Gasteiger partial charge >= 0.3 is 0 Å². The molecule has 2 atom stereocenters. The maximum atomic E-state index is 13.2. The number of amides is 1. The van der Waals surface area contributed by atoms with Gasteiger partial charge in [-0.1, -0.05) is 24.3 Å². The van der Waals surface area contributed by atoms with Crippen molar-refractivity contribution in [3.05, 3.63) is 54.2 Å². The average molecular weight is 429 g/mol. The van der Waals surface area contributed by atoms with Gasteiger partial charge in [0.2, 0.25) is 10.0 Å². The molecule has 1 aromatic heterocycles. The van der Waals surface area contributed by atoms with Crippen molar-refractivity contribution in [1.82, 2.24) is 9.78 Å². The number of aromatic nitrogens is 2. The number of nitrogens with two attached hydrogens (primary N) is 1. The van der Waals surface area contributed by atoms with Crippen LogP contribution in [-0.4, -0.2) is 36.8 Å². The van der Waals surface area contributed by atoms with Crippen LogP contribution in [0.15, 0.2) is 53.4 Å². The number of carbonyl (C=O) groups excluding carboxylic acids is 1. The molecule has 1 aliphatic heterocycles. The van der Waals surface area contributed by atoms with Crippen molar-refractivity contribution in [2.75, 3.05) is 11.9 Å². The summed E-state index contributed by atoms with van der Waals surface area (Å²) in [7, 11) is -3.86. The molecule has 0 radical (unpaired) electrons. The second kappa shape index (κ2) is 8.17. The molecular weight excluding hydrogens is 404 g/mol. The van der Waals surface area contributed by atoms with Crippen molar-refractivity contribution < 1.29 is 17.9 Å². The van der Waals surface area contributed by atoms with Gasteiger partial charge in [-0.2, -0.15) is 5.10 Å². The Morgan fingerprint density at radius 3 is 2.83 bits per heavy atom. The third-order valence-electron chi connectivity index (χ3n) is 5.31. The number of anilines is 1. The van der Waals surface area contributed by atoms with Gasteiger partial charge in [0, 0.05) is 24.2 Å². The normalized spacial score (nSPS) is 19.7. The molecule has 1 aliphatic rings. The number of nitrogens with one attached hydrogen (secondary N) is 1. The predicted molar refractivity (Wildman–Crippen MR) is 114 cm³/mol. The summed E-state index contributed by atoms with van der Waals surface area (Å²) in [6.45, 7) is 3.37. The lowest BCUT2D eigenvalue weighted by molar-refractivity contribution is -0.00183. The second-order valence-electron chi connectivity index (χ2n) is 7.65. The summed E-state index contributed by atoms with van der Waals surface area (Å²) in [6.07, 6.45) is 2.01. The van der Waals surface area contributed by atoms with Gasteiger partial charge in [0.05, 0.1) is 16.5 Å². The molecule has 3 N–H and O–H groups in total. The standard InChI is InChI=1S/C21H24N4O4S/c1-14-11-15(9-10-29-14)13-25-20(18-7-2-3-8-19(18)24-25)21(26)23-16-5-4-6-17(12-16)30(22,27)28/h2-8,12,14-15H,9-11,13H2,1H3,(H,23,26)(H2,22,27,28). The van der Waals surface area contributed by atoms with Gasteiger partial charge in [-0.3, -0.25) is 9.48 Å². The Balaban J connectivity index is 1.66. The summed E-state index contributed by atoms with van der Waals surface area (Å²) in [4.78, 5) is 13.1. The Hall–Kier alpha value is -2.75. The third-order valence-corrected chi connectivity index (χ3v) is 6.22. The molecule has 3 aromatic rings. The summed E-state index contributed by atoms with van der Waals surface area (Å²) < 4.78 is 30.6. The molecule has 0 aliphatic carbocycles. The number of carbonyl (C=O) groups is 1. The fourth-order valence-electron chi connectivity index (χ4n) is 3.89. The Kier molecular flexibility index (Phi) is 5.59. The summed E-state index contributed by atoms with van der Waals surface area (Å²) in [5.74, 6) is 0.00991. The van der Waals surface area contributed by atoms with Crippen LogP contribution < -0.4 is 10.5 Å². The van der Waals surface area contributed by atoms with E-state index in [9.17, 15) is 13.2 Å². The van der Waals surface area contributed by atoms with Crippen LogP contribution in [-0.2, 0) is 21.3 Å². The zero-order valence-electron chi connectivity index (χ0n) is 16.6. The largest absolute Gasteiger partial charge is 0.378 e. The van der Waals surface area contributed by atoms with Crippen molar-refractivity contribution in [1.29, 1.82) is 0 Å². The molecule has 0 bridgehead atoms. The van der Waals surface area contributed by atoms with Crippen molar-refractivity contribution in [2.24, 2.45) is 11.1 Å². The third kappa shape index (κ3) is 4.38. The monoisotopic (exact) mass is 428 g/mol. The Morgan fingerprint density at radius 1 is 1.27 bits per heavy atom. The quantitative estimate of drug-likeness (QED) is 0.648. The van der Waals surface area contributed by atoms with E-state index in [2.05, 4.69) is 17.3 Å². The molecule has 0 spiro atoms. The highest BCUT2D eigenvalue weighted by Crippen LogP contribution is 2.26. The highest BCUT2D eigenvalue weighted by atomic mass is 32.2. The van der Waals surface area contributed by atoms with Gasteiger partial charge in [0.15, 0.2) is 0 Å². The van der Waals surface area contributed by atoms with E-state index in [0.29, 0.717) is 30.5 Å². The van der Waals surface area contributed by atoms with Crippen molar-refractivity contribution in [3.8, 4) is 0 Å². The van der Waals surface area contributed by atoms with Crippen LogP contribution in [0.25, 0.3) is 10.9 Å². The van der Waals surface area contributed by atoms with E-state index in [1.54, 1.807) is 10.7 Å². The molecule has 2 heterocycles. The predicted octanol–water partition coefficient (Wildman–Crippen LogP) is 2.75. The molecule has 1 saturated heterocycles. The highest BCUT2D eigenvalue weighted by molar-refractivity contribution is 7.89. The van der Waals surface area contributed by atoms with Crippen LogP contribution in [0, 0.1) is 5.92 Å². The van der Waals surface area contributed by atoms with E-state index in [1.165, 1.54) is 18.2 Å². The van der Waals surface area contributed by atoms with Crippen molar-refractivity contribution >= 4 is 32.5 Å². The Bertz CT molecular complexity index is 1190. The summed E-state index contributed by atoms with van der Waals surface area (Å²) >= 11 is 0. The second-order valence-corrected chi connectivity index (χ2v) is 9.21. The average Bonchev–Trinajstić information content (AvgIpc) is 3.05.